The van der Waals surface area contributed by atoms with Gasteiger partial charge < -0.3 is 10.6 Å². The lowest BCUT2D eigenvalue weighted by atomic mass is 9.95. The molecule has 32 heavy (non-hydrogen) atoms. The molecule has 2 aromatic heterocycles. The summed E-state index contributed by atoms with van der Waals surface area (Å²) in [7, 11) is 0. The summed E-state index contributed by atoms with van der Waals surface area (Å²) in [6, 6.07) is 14.2. The summed E-state index contributed by atoms with van der Waals surface area (Å²) in [4.78, 5) is 36.2. The van der Waals surface area contributed by atoms with Crippen molar-refractivity contribution in [1.29, 1.82) is 0 Å². The second kappa shape index (κ2) is 10.3. The smallest absolute Gasteiger partial charge is 0.258 e. The Bertz CT molecular complexity index is 1070. The van der Waals surface area contributed by atoms with E-state index >= 15 is 0 Å². The lowest BCUT2D eigenvalue weighted by molar-refractivity contribution is -0.121. The van der Waals surface area contributed by atoms with Crippen molar-refractivity contribution in [2.24, 2.45) is 5.92 Å². The topological polar surface area (TPSA) is 87.2 Å². The first-order chi connectivity index (χ1) is 15.6. The van der Waals surface area contributed by atoms with Gasteiger partial charge >= 0.3 is 0 Å². The minimum Gasteiger partial charge on any atom is -0.325 e. The molecule has 7 nitrogen and oxygen atoms in total. The zero-order valence-electron chi connectivity index (χ0n) is 17.5. The third-order valence-corrected chi connectivity index (χ3v) is 5.71. The Hall–Kier alpha value is -3.29. The highest BCUT2D eigenvalue weighted by atomic mass is 35.5. The van der Waals surface area contributed by atoms with Crippen LogP contribution in [0.4, 0.5) is 11.5 Å². The number of rotatable bonds is 6. The number of piperidine rings is 1. The number of nitrogens with zero attached hydrogens (tertiary/aromatic N) is 3. The van der Waals surface area contributed by atoms with Crippen molar-refractivity contribution < 1.29 is 9.59 Å². The average Bonchev–Trinajstić information content (AvgIpc) is 2.82. The van der Waals surface area contributed by atoms with E-state index in [0.717, 1.165) is 32.5 Å². The van der Waals surface area contributed by atoms with Crippen LogP contribution in [0.25, 0.3) is 0 Å². The van der Waals surface area contributed by atoms with E-state index in [0.29, 0.717) is 22.1 Å². The molecule has 0 radical (unpaired) electrons. The standard InChI is InChI=1S/C24H24ClN5O2/c25-19-7-8-22(27-15-19)29-24(32)20-5-1-2-6-21(20)28-23(31)18-9-12-30(13-10-18)16-17-4-3-11-26-14-17/h1-8,11,14-15,18H,9-10,12-13,16H2,(H,28,31)(H,27,29,32). The zero-order chi connectivity index (χ0) is 22.3. The van der Waals surface area contributed by atoms with Crippen molar-refractivity contribution in [2.45, 2.75) is 19.4 Å². The van der Waals surface area contributed by atoms with Crippen molar-refractivity contribution in [3.05, 3.63) is 83.3 Å². The molecule has 0 atom stereocenters. The number of para-hydroxylation sites is 1. The number of anilines is 2. The minimum absolute atomic E-state index is 0.0594. The van der Waals surface area contributed by atoms with Crippen molar-refractivity contribution in [1.82, 2.24) is 14.9 Å². The summed E-state index contributed by atoms with van der Waals surface area (Å²) in [5.74, 6) is -0.103. The number of aromatic nitrogens is 2. The number of carbonyl (C=O) groups is 2. The Morgan fingerprint density at radius 2 is 1.81 bits per heavy atom. The van der Waals surface area contributed by atoms with E-state index in [1.54, 1.807) is 42.6 Å². The van der Waals surface area contributed by atoms with Gasteiger partial charge in [0.2, 0.25) is 5.91 Å². The van der Waals surface area contributed by atoms with Crippen LogP contribution in [0.5, 0.6) is 0 Å². The van der Waals surface area contributed by atoms with Crippen LogP contribution < -0.4 is 10.6 Å². The molecule has 4 rings (SSSR count). The van der Waals surface area contributed by atoms with E-state index in [2.05, 4.69) is 31.6 Å². The molecule has 0 saturated carbocycles. The second-order valence-corrected chi connectivity index (χ2v) is 8.20. The molecular formula is C24H24ClN5O2. The Labute approximate surface area is 191 Å². The summed E-state index contributed by atoms with van der Waals surface area (Å²) in [5.41, 5.74) is 2.04. The predicted octanol–water partition coefficient (Wildman–Crippen LogP) is 4.23. The first-order valence-electron chi connectivity index (χ1n) is 10.5. The quantitative estimate of drug-likeness (QED) is 0.588. The fourth-order valence-electron chi connectivity index (χ4n) is 3.76. The minimum atomic E-state index is -0.345. The van der Waals surface area contributed by atoms with Crippen LogP contribution >= 0.6 is 11.6 Å². The molecule has 0 unspecified atom stereocenters. The molecule has 0 aliphatic carbocycles. The fraction of sp³-hybridized carbons (Fsp3) is 0.250. The van der Waals surface area contributed by atoms with Crippen molar-refractivity contribution in [3.8, 4) is 0 Å². The number of pyridine rings is 2. The number of hydrogen-bond acceptors (Lipinski definition) is 5. The van der Waals surface area contributed by atoms with E-state index in [9.17, 15) is 9.59 Å². The monoisotopic (exact) mass is 449 g/mol. The highest BCUT2D eigenvalue weighted by Crippen LogP contribution is 2.23. The van der Waals surface area contributed by atoms with Crippen LogP contribution in [0.15, 0.2) is 67.1 Å². The van der Waals surface area contributed by atoms with E-state index in [1.165, 1.54) is 11.8 Å². The van der Waals surface area contributed by atoms with Crippen LogP contribution in [0.2, 0.25) is 5.02 Å². The number of nitrogens with one attached hydrogen (secondary N) is 2. The maximum atomic E-state index is 12.9. The summed E-state index contributed by atoms with van der Waals surface area (Å²) in [6.45, 7) is 2.53. The predicted molar refractivity (Wildman–Crippen MR) is 125 cm³/mol. The van der Waals surface area contributed by atoms with Gasteiger partial charge in [-0.1, -0.05) is 29.8 Å². The molecule has 1 aliphatic heterocycles. The third-order valence-electron chi connectivity index (χ3n) is 5.49. The van der Waals surface area contributed by atoms with Gasteiger partial charge in [-0.3, -0.25) is 19.5 Å². The zero-order valence-corrected chi connectivity index (χ0v) is 18.3. The molecule has 2 amide bonds. The van der Waals surface area contributed by atoms with Gasteiger partial charge in [0.15, 0.2) is 0 Å². The lowest BCUT2D eigenvalue weighted by Crippen LogP contribution is -2.38. The average molecular weight is 450 g/mol. The Balaban J connectivity index is 1.34. The molecule has 3 aromatic rings. The highest BCUT2D eigenvalue weighted by molar-refractivity contribution is 6.30. The molecule has 0 bridgehead atoms. The maximum absolute atomic E-state index is 12.9. The summed E-state index contributed by atoms with van der Waals surface area (Å²) in [5, 5.41) is 6.17. The highest BCUT2D eigenvalue weighted by Gasteiger charge is 2.26. The van der Waals surface area contributed by atoms with Crippen molar-refractivity contribution in [2.75, 3.05) is 23.7 Å². The van der Waals surface area contributed by atoms with Gasteiger partial charge in [0.05, 0.1) is 16.3 Å². The third kappa shape index (κ3) is 5.69. The van der Waals surface area contributed by atoms with Gasteiger partial charge in [-0.05, 0) is 61.8 Å². The largest absolute Gasteiger partial charge is 0.325 e. The first-order valence-corrected chi connectivity index (χ1v) is 10.9. The van der Waals surface area contributed by atoms with Gasteiger partial charge in [-0.2, -0.15) is 0 Å². The molecule has 1 saturated heterocycles. The van der Waals surface area contributed by atoms with E-state index in [1.807, 2.05) is 12.3 Å². The van der Waals surface area contributed by atoms with E-state index in [-0.39, 0.29) is 17.7 Å². The van der Waals surface area contributed by atoms with E-state index in [4.69, 9.17) is 11.6 Å². The Kier molecular flexibility index (Phi) is 7.09. The van der Waals surface area contributed by atoms with Crippen LogP contribution in [-0.2, 0) is 11.3 Å². The SMILES string of the molecule is O=C(Nc1ccc(Cl)cn1)c1ccccc1NC(=O)C1CCN(Cc2cccnc2)CC1. The molecule has 164 valence electrons. The van der Waals surface area contributed by atoms with Gasteiger partial charge in [-0.15, -0.1) is 0 Å². The van der Waals surface area contributed by atoms with Gasteiger partial charge in [0, 0.05) is 31.1 Å². The summed E-state index contributed by atoms with van der Waals surface area (Å²) < 4.78 is 0. The van der Waals surface area contributed by atoms with E-state index < -0.39 is 0 Å². The molecule has 8 heteroatoms. The van der Waals surface area contributed by atoms with Crippen molar-refractivity contribution in [3.63, 3.8) is 0 Å². The van der Waals surface area contributed by atoms with Gasteiger partial charge in [-0.25, -0.2) is 4.98 Å². The normalized spacial score (nSPS) is 14.7. The number of amides is 2. The summed E-state index contributed by atoms with van der Waals surface area (Å²) >= 11 is 5.84. The number of halogens is 1. The molecule has 2 N–H and O–H groups in total. The summed E-state index contributed by atoms with van der Waals surface area (Å²) in [6.07, 6.45) is 6.65. The molecule has 1 aliphatic rings. The van der Waals surface area contributed by atoms with Crippen LogP contribution in [0.3, 0.4) is 0 Å². The fourth-order valence-corrected chi connectivity index (χ4v) is 3.87. The van der Waals surface area contributed by atoms with Gasteiger partial charge in [0.25, 0.3) is 5.91 Å². The molecule has 1 fully saturated rings. The van der Waals surface area contributed by atoms with Crippen molar-refractivity contribution >= 4 is 34.9 Å². The molecule has 1 aromatic carbocycles. The number of hydrogen-bond donors (Lipinski definition) is 2. The first kappa shape index (κ1) is 21.9. The van der Waals surface area contributed by atoms with Crippen LogP contribution in [0, 0.1) is 5.92 Å². The number of likely N-dealkylation sites (tertiary alicyclic amines) is 1. The lowest BCUT2D eigenvalue weighted by Gasteiger charge is -2.31. The van der Waals surface area contributed by atoms with Crippen LogP contribution in [-0.4, -0.2) is 39.8 Å². The molecule has 3 heterocycles. The Morgan fingerprint density at radius 3 is 2.53 bits per heavy atom. The molecular weight excluding hydrogens is 426 g/mol. The van der Waals surface area contributed by atoms with Crippen LogP contribution in [0.1, 0.15) is 28.8 Å². The number of carbonyl (C=O) groups excluding carboxylic acids is 2. The molecule has 0 spiro atoms. The number of benzene rings is 1. The maximum Gasteiger partial charge on any atom is 0.258 e. The van der Waals surface area contributed by atoms with Gasteiger partial charge in [0.1, 0.15) is 5.82 Å². The second-order valence-electron chi connectivity index (χ2n) is 7.76. The Morgan fingerprint density at radius 1 is 1.00 bits per heavy atom.